The number of benzene rings is 2. The van der Waals surface area contributed by atoms with Crippen molar-refractivity contribution in [3.63, 3.8) is 0 Å². The monoisotopic (exact) mass is 464 g/mol. The molecule has 1 N–H and O–H groups in total. The van der Waals surface area contributed by atoms with Crippen molar-refractivity contribution in [2.24, 2.45) is 5.16 Å². The second-order valence-electron chi connectivity index (χ2n) is 5.77. The molecule has 0 aliphatic heterocycles. The molecule has 2 rings (SSSR count). The first kappa shape index (κ1) is 23.6. The Labute approximate surface area is 180 Å². The second-order valence-corrected chi connectivity index (χ2v) is 6.58. The first-order valence-corrected chi connectivity index (χ1v) is 9.14. The summed E-state index contributed by atoms with van der Waals surface area (Å²) in [6.45, 7) is -1.54. The van der Waals surface area contributed by atoms with E-state index in [0.29, 0.717) is 11.1 Å². The fraction of sp³-hybridized carbons (Fsp3) is 0.263. The molecule has 0 saturated heterocycles. The minimum atomic E-state index is -4.53. The molecule has 0 atom stereocenters. The summed E-state index contributed by atoms with van der Waals surface area (Å²) in [7, 11) is 2.77. The van der Waals surface area contributed by atoms with Crippen molar-refractivity contribution in [1.82, 2.24) is 5.32 Å². The van der Waals surface area contributed by atoms with E-state index in [2.05, 4.69) is 15.2 Å². The van der Waals surface area contributed by atoms with E-state index in [-0.39, 0.29) is 33.9 Å². The Balaban J connectivity index is 2.22. The third kappa shape index (κ3) is 6.43. The standard InChI is InChI=1S/C19H17Cl2F3N2O4/c1-25-18(27)16(26-28-2)13-6-4-3-5-11(13)9-29-12-7-14(20)17(15(21)8-12)30-10-19(22,23)24/h3-8H,9-10H2,1-2H3,(H,25,27)/b26-16+. The lowest BCUT2D eigenvalue weighted by Crippen LogP contribution is -2.29. The normalized spacial score (nSPS) is 11.8. The highest BCUT2D eigenvalue weighted by Crippen LogP contribution is 2.38. The number of nitrogens with zero attached hydrogens (tertiary/aromatic N) is 1. The average molecular weight is 465 g/mol. The first-order chi connectivity index (χ1) is 14.2. The summed E-state index contributed by atoms with van der Waals surface area (Å²) in [6.07, 6.45) is -4.53. The van der Waals surface area contributed by atoms with E-state index in [0.717, 1.165) is 0 Å². The van der Waals surface area contributed by atoms with Gasteiger partial charge in [-0.3, -0.25) is 4.79 Å². The van der Waals surface area contributed by atoms with Crippen LogP contribution in [0.4, 0.5) is 13.2 Å². The number of halogens is 5. The molecule has 0 bridgehead atoms. The van der Waals surface area contributed by atoms with E-state index >= 15 is 0 Å². The Hall–Kier alpha value is -2.65. The number of carbonyl (C=O) groups excluding carboxylic acids is 1. The van der Waals surface area contributed by atoms with Crippen molar-refractivity contribution in [2.75, 3.05) is 20.8 Å². The van der Waals surface area contributed by atoms with Crippen LogP contribution in [0.3, 0.4) is 0 Å². The summed E-state index contributed by atoms with van der Waals surface area (Å²) >= 11 is 12.0. The lowest BCUT2D eigenvalue weighted by molar-refractivity contribution is -0.153. The molecule has 0 aliphatic rings. The van der Waals surface area contributed by atoms with E-state index in [9.17, 15) is 18.0 Å². The molecule has 0 spiro atoms. The predicted octanol–water partition coefficient (Wildman–Crippen LogP) is 4.61. The highest BCUT2D eigenvalue weighted by molar-refractivity contribution is 6.45. The van der Waals surface area contributed by atoms with Gasteiger partial charge in [0.1, 0.15) is 19.5 Å². The van der Waals surface area contributed by atoms with Gasteiger partial charge in [0.15, 0.2) is 18.1 Å². The number of amides is 1. The van der Waals surface area contributed by atoms with Crippen molar-refractivity contribution in [3.8, 4) is 11.5 Å². The summed E-state index contributed by atoms with van der Waals surface area (Å²) in [4.78, 5) is 16.8. The Morgan fingerprint density at radius 3 is 2.33 bits per heavy atom. The molecule has 6 nitrogen and oxygen atoms in total. The van der Waals surface area contributed by atoms with Crippen LogP contribution in [-0.4, -0.2) is 38.6 Å². The molecule has 1 amide bonds. The molecule has 0 aliphatic carbocycles. The molecule has 30 heavy (non-hydrogen) atoms. The quantitative estimate of drug-likeness (QED) is 0.457. The third-order valence-corrected chi connectivity index (χ3v) is 4.21. The second kappa shape index (κ2) is 10.4. The van der Waals surface area contributed by atoms with Crippen LogP contribution in [0.25, 0.3) is 0 Å². The molecule has 162 valence electrons. The van der Waals surface area contributed by atoms with Gasteiger partial charge in [0.2, 0.25) is 0 Å². The third-order valence-electron chi connectivity index (χ3n) is 3.64. The highest BCUT2D eigenvalue weighted by atomic mass is 35.5. The maximum Gasteiger partial charge on any atom is 0.422 e. The zero-order valence-corrected chi connectivity index (χ0v) is 17.4. The number of carbonyl (C=O) groups is 1. The molecule has 0 saturated carbocycles. The molecule has 0 aromatic heterocycles. The first-order valence-electron chi connectivity index (χ1n) is 8.39. The minimum absolute atomic E-state index is 0.00862. The van der Waals surface area contributed by atoms with Gasteiger partial charge in [-0.2, -0.15) is 13.2 Å². The summed E-state index contributed by atoms with van der Waals surface area (Å²) in [6, 6.07) is 9.40. The van der Waals surface area contributed by atoms with Gasteiger partial charge in [0.05, 0.1) is 10.0 Å². The average Bonchev–Trinajstić information content (AvgIpc) is 2.68. The Morgan fingerprint density at radius 1 is 1.13 bits per heavy atom. The predicted molar refractivity (Wildman–Crippen MR) is 106 cm³/mol. The Kier molecular flexibility index (Phi) is 8.19. The van der Waals surface area contributed by atoms with Crippen LogP contribution in [0, 0.1) is 0 Å². The van der Waals surface area contributed by atoms with Gasteiger partial charge in [0.25, 0.3) is 5.91 Å². The summed E-state index contributed by atoms with van der Waals surface area (Å²) in [5.74, 6) is -0.552. The van der Waals surface area contributed by atoms with Crippen LogP contribution >= 0.6 is 23.2 Å². The van der Waals surface area contributed by atoms with Crippen molar-refractivity contribution >= 4 is 34.8 Å². The number of rotatable bonds is 8. The molecule has 0 unspecified atom stereocenters. The largest absolute Gasteiger partial charge is 0.489 e. The number of nitrogens with one attached hydrogen (secondary N) is 1. The number of alkyl halides is 3. The molecule has 0 fully saturated rings. The van der Waals surface area contributed by atoms with Gasteiger partial charge < -0.3 is 19.6 Å². The Bertz CT molecular complexity index is 913. The van der Waals surface area contributed by atoms with E-state index < -0.39 is 18.7 Å². The number of ether oxygens (including phenoxy) is 2. The van der Waals surface area contributed by atoms with Crippen molar-refractivity contribution < 1.29 is 32.3 Å². The molecule has 2 aromatic rings. The molecule has 2 aromatic carbocycles. The topological polar surface area (TPSA) is 69.2 Å². The smallest absolute Gasteiger partial charge is 0.422 e. The van der Waals surface area contributed by atoms with Crippen LogP contribution in [0.5, 0.6) is 11.5 Å². The van der Waals surface area contributed by atoms with Crippen molar-refractivity contribution in [2.45, 2.75) is 12.8 Å². The van der Waals surface area contributed by atoms with E-state index in [1.54, 1.807) is 24.3 Å². The number of hydrogen-bond acceptors (Lipinski definition) is 5. The number of oxime groups is 1. The highest BCUT2D eigenvalue weighted by Gasteiger charge is 2.29. The van der Waals surface area contributed by atoms with Gasteiger partial charge in [-0.05, 0) is 5.56 Å². The maximum absolute atomic E-state index is 12.3. The van der Waals surface area contributed by atoms with Gasteiger partial charge in [-0.25, -0.2) is 0 Å². The Morgan fingerprint density at radius 2 is 1.77 bits per heavy atom. The fourth-order valence-corrected chi connectivity index (χ4v) is 2.95. The molecule has 0 heterocycles. The zero-order chi connectivity index (χ0) is 22.3. The molecular weight excluding hydrogens is 448 g/mol. The molecule has 11 heteroatoms. The number of hydrogen-bond donors (Lipinski definition) is 1. The van der Waals surface area contributed by atoms with Crippen LogP contribution in [-0.2, 0) is 16.2 Å². The van der Waals surface area contributed by atoms with Gasteiger partial charge in [0, 0.05) is 24.7 Å². The molecular formula is C19H17Cl2F3N2O4. The van der Waals surface area contributed by atoms with Crippen molar-refractivity contribution in [1.29, 1.82) is 0 Å². The maximum atomic E-state index is 12.3. The van der Waals surface area contributed by atoms with Crippen LogP contribution < -0.4 is 14.8 Å². The van der Waals surface area contributed by atoms with E-state index in [1.807, 2.05) is 0 Å². The van der Waals surface area contributed by atoms with Gasteiger partial charge in [-0.1, -0.05) is 52.6 Å². The van der Waals surface area contributed by atoms with Crippen molar-refractivity contribution in [3.05, 3.63) is 57.6 Å². The SMILES string of the molecule is CNC(=O)/C(=N/OC)c1ccccc1COc1cc(Cl)c(OCC(F)(F)F)c(Cl)c1. The zero-order valence-electron chi connectivity index (χ0n) is 15.8. The molecule has 0 radical (unpaired) electrons. The minimum Gasteiger partial charge on any atom is -0.489 e. The number of likely N-dealkylation sites (N-methyl/N-ethyl adjacent to an activating group) is 1. The summed E-state index contributed by atoms with van der Waals surface area (Å²) < 4.78 is 47.4. The van der Waals surface area contributed by atoms with Gasteiger partial charge >= 0.3 is 6.18 Å². The van der Waals surface area contributed by atoms with Crippen LogP contribution in [0.2, 0.25) is 10.0 Å². The summed E-state index contributed by atoms with van der Waals surface area (Å²) in [5, 5.41) is 5.96. The summed E-state index contributed by atoms with van der Waals surface area (Å²) in [5.41, 5.74) is 1.12. The van der Waals surface area contributed by atoms with Crippen LogP contribution in [0.1, 0.15) is 11.1 Å². The van der Waals surface area contributed by atoms with E-state index in [1.165, 1.54) is 26.3 Å². The van der Waals surface area contributed by atoms with Gasteiger partial charge in [-0.15, -0.1) is 0 Å². The fourth-order valence-electron chi connectivity index (χ4n) is 2.37. The lowest BCUT2D eigenvalue weighted by Gasteiger charge is -2.15. The lowest BCUT2D eigenvalue weighted by atomic mass is 10.0. The van der Waals surface area contributed by atoms with E-state index in [4.69, 9.17) is 32.8 Å². The van der Waals surface area contributed by atoms with Crippen LogP contribution in [0.15, 0.2) is 41.6 Å².